The Balaban J connectivity index is 4.38. The van der Waals surface area contributed by atoms with Crippen LogP contribution in [0.25, 0.3) is 0 Å². The average molecular weight is 213 g/mol. The van der Waals surface area contributed by atoms with E-state index in [1.807, 2.05) is 0 Å². The molecule has 0 spiro atoms. The molecular formula is C14H31N. The second-order valence-corrected chi connectivity index (χ2v) is 6.32. The Bertz CT molecular complexity index is 169. The fraction of sp³-hybridized carbons (Fsp3) is 1.00. The number of nitrogens with one attached hydrogen (secondary N) is 1. The summed E-state index contributed by atoms with van der Waals surface area (Å²) in [5.41, 5.74) is 0.694. The molecule has 1 heteroatoms. The van der Waals surface area contributed by atoms with Gasteiger partial charge < -0.3 is 5.32 Å². The lowest BCUT2D eigenvalue weighted by molar-refractivity contribution is 0.156. The normalized spacial score (nSPS) is 18.6. The molecule has 15 heavy (non-hydrogen) atoms. The molecule has 0 radical (unpaired) electrons. The topological polar surface area (TPSA) is 12.0 Å². The van der Waals surface area contributed by atoms with Crippen LogP contribution in [0, 0.1) is 11.3 Å². The van der Waals surface area contributed by atoms with Crippen LogP contribution in [0.15, 0.2) is 0 Å². The fourth-order valence-corrected chi connectivity index (χ4v) is 2.04. The molecular weight excluding hydrogens is 182 g/mol. The van der Waals surface area contributed by atoms with E-state index in [4.69, 9.17) is 0 Å². The molecule has 0 saturated heterocycles. The Hall–Kier alpha value is -0.0400. The quantitative estimate of drug-likeness (QED) is 0.696. The van der Waals surface area contributed by atoms with Crippen molar-refractivity contribution < 1.29 is 0 Å². The van der Waals surface area contributed by atoms with E-state index >= 15 is 0 Å². The summed E-state index contributed by atoms with van der Waals surface area (Å²) in [5.74, 6) is 0.798. The Labute approximate surface area is 97.0 Å². The van der Waals surface area contributed by atoms with Gasteiger partial charge in [-0.1, -0.05) is 40.5 Å². The van der Waals surface area contributed by atoms with Crippen molar-refractivity contribution >= 4 is 0 Å². The Kier molecular flexibility index (Phi) is 5.87. The van der Waals surface area contributed by atoms with Gasteiger partial charge in [0, 0.05) is 12.1 Å². The van der Waals surface area contributed by atoms with Crippen LogP contribution in [0.3, 0.4) is 0 Å². The van der Waals surface area contributed by atoms with Crippen molar-refractivity contribution in [2.45, 2.75) is 73.3 Å². The second kappa shape index (κ2) is 5.89. The molecule has 2 unspecified atom stereocenters. The molecule has 1 nitrogen and oxygen atoms in total. The first kappa shape index (κ1) is 15.0. The first-order chi connectivity index (χ1) is 6.75. The largest absolute Gasteiger partial charge is 0.312 e. The van der Waals surface area contributed by atoms with E-state index in [2.05, 4.69) is 53.8 Å². The van der Waals surface area contributed by atoms with Crippen LogP contribution in [-0.2, 0) is 0 Å². The monoisotopic (exact) mass is 213 g/mol. The van der Waals surface area contributed by atoms with E-state index in [1.54, 1.807) is 0 Å². The van der Waals surface area contributed by atoms with Crippen molar-refractivity contribution in [3.8, 4) is 0 Å². The van der Waals surface area contributed by atoms with Gasteiger partial charge in [0.15, 0.2) is 0 Å². The van der Waals surface area contributed by atoms with Gasteiger partial charge in [0.2, 0.25) is 0 Å². The van der Waals surface area contributed by atoms with Crippen molar-refractivity contribution in [3.63, 3.8) is 0 Å². The molecule has 0 aromatic rings. The van der Waals surface area contributed by atoms with Crippen LogP contribution in [0.4, 0.5) is 0 Å². The van der Waals surface area contributed by atoms with E-state index in [0.717, 1.165) is 12.5 Å². The van der Waals surface area contributed by atoms with E-state index in [1.165, 1.54) is 19.3 Å². The molecule has 0 heterocycles. The van der Waals surface area contributed by atoms with Crippen LogP contribution in [0.2, 0.25) is 0 Å². The summed E-state index contributed by atoms with van der Waals surface area (Å²) in [4.78, 5) is 0. The minimum atomic E-state index is 0.239. The SMILES string of the molecule is CCCC(C)(CNC(C)(C)C)C(C)CC. The van der Waals surface area contributed by atoms with Crippen LogP contribution in [0.1, 0.15) is 67.7 Å². The minimum absolute atomic E-state index is 0.239. The lowest BCUT2D eigenvalue weighted by Gasteiger charge is -2.38. The summed E-state index contributed by atoms with van der Waals surface area (Å²) in [6, 6.07) is 0. The molecule has 0 aromatic carbocycles. The van der Waals surface area contributed by atoms with Crippen molar-refractivity contribution in [2.75, 3.05) is 6.54 Å². The third-order valence-electron chi connectivity index (χ3n) is 3.65. The first-order valence-electron chi connectivity index (χ1n) is 6.50. The Morgan fingerprint density at radius 2 is 1.60 bits per heavy atom. The maximum atomic E-state index is 3.66. The number of hydrogen-bond donors (Lipinski definition) is 1. The fourth-order valence-electron chi connectivity index (χ4n) is 2.04. The van der Waals surface area contributed by atoms with Crippen LogP contribution in [0.5, 0.6) is 0 Å². The smallest absolute Gasteiger partial charge is 0.00967 e. The van der Waals surface area contributed by atoms with Gasteiger partial charge in [-0.25, -0.2) is 0 Å². The van der Waals surface area contributed by atoms with E-state index in [0.29, 0.717) is 5.41 Å². The van der Waals surface area contributed by atoms with Gasteiger partial charge in [0.25, 0.3) is 0 Å². The number of hydrogen-bond acceptors (Lipinski definition) is 1. The summed E-state index contributed by atoms with van der Waals surface area (Å²) in [5, 5.41) is 3.66. The molecule has 92 valence electrons. The predicted octanol–water partition coefficient (Wildman–Crippen LogP) is 4.23. The third kappa shape index (κ3) is 5.55. The lowest BCUT2D eigenvalue weighted by Crippen LogP contribution is -2.45. The van der Waals surface area contributed by atoms with Crippen molar-refractivity contribution in [2.24, 2.45) is 11.3 Å². The summed E-state index contributed by atoms with van der Waals surface area (Å²) in [6.45, 7) is 17.3. The summed E-state index contributed by atoms with van der Waals surface area (Å²) >= 11 is 0. The molecule has 2 atom stereocenters. The maximum Gasteiger partial charge on any atom is 0.00967 e. The number of rotatable bonds is 6. The summed E-state index contributed by atoms with van der Waals surface area (Å²) < 4.78 is 0. The van der Waals surface area contributed by atoms with Gasteiger partial charge in [0.1, 0.15) is 0 Å². The highest BCUT2D eigenvalue weighted by Crippen LogP contribution is 2.34. The first-order valence-corrected chi connectivity index (χ1v) is 6.50. The molecule has 0 amide bonds. The molecule has 0 aliphatic heterocycles. The van der Waals surface area contributed by atoms with Crippen LogP contribution >= 0.6 is 0 Å². The highest BCUT2D eigenvalue weighted by atomic mass is 15.0. The Morgan fingerprint density at radius 1 is 1.07 bits per heavy atom. The van der Waals surface area contributed by atoms with Gasteiger partial charge in [0.05, 0.1) is 0 Å². The molecule has 0 saturated carbocycles. The van der Waals surface area contributed by atoms with Crippen molar-refractivity contribution in [1.29, 1.82) is 0 Å². The third-order valence-corrected chi connectivity index (χ3v) is 3.65. The summed E-state index contributed by atoms with van der Waals surface area (Å²) in [7, 11) is 0. The molecule has 0 bridgehead atoms. The molecule has 1 N–H and O–H groups in total. The van der Waals surface area contributed by atoms with Crippen LogP contribution in [-0.4, -0.2) is 12.1 Å². The van der Waals surface area contributed by atoms with E-state index in [9.17, 15) is 0 Å². The molecule has 0 rings (SSSR count). The predicted molar refractivity (Wildman–Crippen MR) is 70.2 cm³/mol. The molecule has 0 aromatic heterocycles. The molecule has 0 aliphatic carbocycles. The van der Waals surface area contributed by atoms with Gasteiger partial charge in [-0.3, -0.25) is 0 Å². The highest BCUT2D eigenvalue weighted by Gasteiger charge is 2.30. The Morgan fingerprint density at radius 3 is 1.93 bits per heavy atom. The summed E-state index contributed by atoms with van der Waals surface area (Å²) in [6.07, 6.45) is 3.89. The zero-order valence-corrected chi connectivity index (χ0v) is 11.9. The van der Waals surface area contributed by atoms with Crippen molar-refractivity contribution in [1.82, 2.24) is 5.32 Å². The lowest BCUT2D eigenvalue weighted by atomic mass is 9.73. The van der Waals surface area contributed by atoms with Gasteiger partial charge in [-0.2, -0.15) is 0 Å². The minimum Gasteiger partial charge on any atom is -0.312 e. The zero-order valence-electron chi connectivity index (χ0n) is 11.9. The van der Waals surface area contributed by atoms with E-state index < -0.39 is 0 Å². The zero-order chi connectivity index (χ0) is 12.1. The average Bonchev–Trinajstić information content (AvgIpc) is 2.13. The van der Waals surface area contributed by atoms with Gasteiger partial charge in [-0.15, -0.1) is 0 Å². The standard InChI is InChI=1S/C14H31N/c1-8-10-14(7,12(3)9-2)11-15-13(4,5)6/h12,15H,8-11H2,1-7H3. The van der Waals surface area contributed by atoms with E-state index in [-0.39, 0.29) is 5.54 Å². The van der Waals surface area contributed by atoms with Crippen molar-refractivity contribution in [3.05, 3.63) is 0 Å². The highest BCUT2D eigenvalue weighted by molar-refractivity contribution is 4.84. The molecule has 0 fully saturated rings. The maximum absolute atomic E-state index is 3.66. The second-order valence-electron chi connectivity index (χ2n) is 6.32. The van der Waals surface area contributed by atoms with Gasteiger partial charge >= 0.3 is 0 Å². The van der Waals surface area contributed by atoms with Crippen LogP contribution < -0.4 is 5.32 Å². The molecule has 0 aliphatic rings. The van der Waals surface area contributed by atoms with Gasteiger partial charge in [-0.05, 0) is 38.5 Å².